The van der Waals surface area contributed by atoms with Gasteiger partial charge < -0.3 is 36.8 Å². The number of carbonyl (C=O) groups is 6. The lowest BCUT2D eigenvalue weighted by Gasteiger charge is -2.26. The van der Waals surface area contributed by atoms with Crippen LogP contribution in [0.15, 0.2) is 133 Å². The number of phenolic OH excluding ortho intramolecular Hbond substituents is 1. The number of benzene rings is 5. The number of nitrogens with one attached hydrogen (secondary N) is 5. The van der Waals surface area contributed by atoms with Crippen LogP contribution < -0.4 is 26.6 Å². The van der Waals surface area contributed by atoms with Gasteiger partial charge in [-0.05, 0) is 57.6 Å². The molecule has 59 heavy (non-hydrogen) atoms. The van der Waals surface area contributed by atoms with Gasteiger partial charge in [0.2, 0.25) is 29.5 Å². The van der Waals surface area contributed by atoms with Crippen LogP contribution in [0, 0.1) is 0 Å². The zero-order chi connectivity index (χ0) is 41.7. The minimum atomic E-state index is -1.37. The molecule has 0 saturated carbocycles. The first-order valence-corrected chi connectivity index (χ1v) is 19.3. The Morgan fingerprint density at radius 3 is 1.53 bits per heavy atom. The van der Waals surface area contributed by atoms with Gasteiger partial charge in [0.05, 0.1) is 0 Å². The Morgan fingerprint density at radius 1 is 0.508 bits per heavy atom. The van der Waals surface area contributed by atoms with Crippen molar-refractivity contribution in [3.05, 3.63) is 156 Å². The standard InChI is InChI=1S/C46H45N5O8/c52-36-21-15-32(16-22-36)26-37-43(55)49-39(27-30-11-17-34(18-12-30)33-9-5-2-6-10-33)44(56)50-38(25-29-7-3-1-4-8-29)45(57)51-40(46(58)59)28-31-13-19-35(20-14-31)47-41(53)23-24-42(54)48-37/h1-22,37-40,52H,23-28H2,(H,47,53)(H,48,54)(H,49,55)(H,50,56)(H,51,57)(H,58,59)/t37-,38-,39+,40+/m1/s1. The first kappa shape index (κ1) is 41.4. The largest absolute Gasteiger partial charge is 0.508 e. The van der Waals surface area contributed by atoms with Crippen LogP contribution >= 0.6 is 0 Å². The van der Waals surface area contributed by atoms with Crippen LogP contribution in [0.3, 0.4) is 0 Å². The second-order valence-electron chi connectivity index (χ2n) is 14.4. The fourth-order valence-electron chi connectivity index (χ4n) is 6.74. The maximum absolute atomic E-state index is 14.4. The molecule has 13 heteroatoms. The van der Waals surface area contributed by atoms with E-state index in [2.05, 4.69) is 26.6 Å². The van der Waals surface area contributed by atoms with Crippen LogP contribution in [0.2, 0.25) is 0 Å². The lowest BCUT2D eigenvalue weighted by atomic mass is 9.98. The number of carbonyl (C=O) groups excluding carboxylic acids is 5. The van der Waals surface area contributed by atoms with Crippen LogP contribution in [0.1, 0.15) is 35.1 Å². The monoisotopic (exact) mass is 795 g/mol. The van der Waals surface area contributed by atoms with Crippen molar-refractivity contribution in [1.82, 2.24) is 21.3 Å². The van der Waals surface area contributed by atoms with Crippen molar-refractivity contribution in [2.24, 2.45) is 0 Å². The van der Waals surface area contributed by atoms with Gasteiger partial charge in [-0.2, -0.15) is 0 Å². The summed E-state index contributed by atoms with van der Waals surface area (Å²) in [6, 6.07) is 33.5. The van der Waals surface area contributed by atoms with Gasteiger partial charge in [0.15, 0.2) is 0 Å². The predicted octanol–water partition coefficient (Wildman–Crippen LogP) is 4.09. The minimum absolute atomic E-state index is 0.00508. The van der Waals surface area contributed by atoms with Crippen molar-refractivity contribution in [2.45, 2.75) is 62.7 Å². The number of aromatic hydroxyl groups is 1. The van der Waals surface area contributed by atoms with Crippen molar-refractivity contribution in [3.8, 4) is 16.9 Å². The fraction of sp³-hybridized carbons (Fsp3) is 0.217. The number of hydrogen-bond acceptors (Lipinski definition) is 7. The number of rotatable bonds is 8. The van der Waals surface area contributed by atoms with E-state index in [1.54, 1.807) is 66.7 Å². The fourth-order valence-corrected chi connectivity index (χ4v) is 6.74. The van der Waals surface area contributed by atoms with Crippen molar-refractivity contribution in [3.63, 3.8) is 0 Å². The summed E-state index contributed by atoms with van der Waals surface area (Å²) < 4.78 is 0. The van der Waals surface area contributed by atoms with E-state index in [-0.39, 0.29) is 44.3 Å². The van der Waals surface area contributed by atoms with E-state index in [4.69, 9.17) is 0 Å². The van der Waals surface area contributed by atoms with Gasteiger partial charge in [-0.3, -0.25) is 24.0 Å². The van der Waals surface area contributed by atoms with Crippen LogP contribution in [-0.2, 0) is 54.5 Å². The van der Waals surface area contributed by atoms with Gasteiger partial charge in [-0.15, -0.1) is 0 Å². The molecule has 2 heterocycles. The Morgan fingerprint density at radius 2 is 0.966 bits per heavy atom. The molecule has 302 valence electrons. The zero-order valence-electron chi connectivity index (χ0n) is 32.1. The molecule has 0 fully saturated rings. The van der Waals surface area contributed by atoms with Crippen LogP contribution in [0.4, 0.5) is 5.69 Å². The van der Waals surface area contributed by atoms with Gasteiger partial charge in [-0.25, -0.2) is 4.79 Å². The van der Waals surface area contributed by atoms with E-state index in [1.165, 1.54) is 12.1 Å². The van der Waals surface area contributed by atoms with Crippen molar-refractivity contribution in [1.29, 1.82) is 0 Å². The van der Waals surface area contributed by atoms with Crippen LogP contribution in [-0.4, -0.2) is 69.9 Å². The van der Waals surface area contributed by atoms with Gasteiger partial charge in [0, 0.05) is 44.2 Å². The molecule has 5 aromatic rings. The number of amides is 5. The summed E-state index contributed by atoms with van der Waals surface area (Å²) in [5.74, 6) is -4.52. The Labute approximate surface area is 341 Å². The second kappa shape index (κ2) is 19.7. The molecule has 0 spiro atoms. The summed E-state index contributed by atoms with van der Waals surface area (Å²) in [6.07, 6.45) is -0.587. The highest BCUT2D eigenvalue weighted by atomic mass is 16.4. The second-order valence-corrected chi connectivity index (χ2v) is 14.4. The molecule has 5 amide bonds. The smallest absolute Gasteiger partial charge is 0.326 e. The molecule has 2 bridgehead atoms. The number of carboxylic acid groups (broad SMARTS) is 1. The minimum Gasteiger partial charge on any atom is -0.508 e. The highest BCUT2D eigenvalue weighted by Gasteiger charge is 2.32. The van der Waals surface area contributed by atoms with Gasteiger partial charge >= 0.3 is 5.97 Å². The lowest BCUT2D eigenvalue weighted by Crippen LogP contribution is -2.59. The SMILES string of the molecule is O=C1CCC(=O)N[C@H](Cc2ccc(O)cc2)C(=O)N[C@@H](Cc2ccc(-c3ccccc3)cc2)C(=O)N[C@H](Cc2ccccc2)C(=O)N[C@H](C(=O)O)Cc2ccc(cc2)N1. The number of fused-ring (bicyclic) bond motifs is 18. The maximum Gasteiger partial charge on any atom is 0.326 e. The summed E-state index contributed by atoms with van der Waals surface area (Å²) in [6.45, 7) is 0. The Kier molecular flexibility index (Phi) is 13.8. The quantitative estimate of drug-likeness (QED) is 0.114. The molecule has 0 radical (unpaired) electrons. The average Bonchev–Trinajstić information content (AvgIpc) is 3.24. The number of hydrogen-bond donors (Lipinski definition) is 7. The Balaban J connectivity index is 1.35. The maximum atomic E-state index is 14.4. The third-order valence-corrected chi connectivity index (χ3v) is 9.95. The Hall–Kier alpha value is -7.28. The molecule has 7 rings (SSSR count). The first-order chi connectivity index (χ1) is 28.5. The van der Waals surface area contributed by atoms with Gasteiger partial charge in [0.25, 0.3) is 0 Å². The zero-order valence-corrected chi connectivity index (χ0v) is 32.1. The van der Waals surface area contributed by atoms with Crippen LogP contribution in [0.5, 0.6) is 5.75 Å². The molecular weight excluding hydrogens is 751 g/mol. The van der Waals surface area contributed by atoms with E-state index < -0.39 is 59.7 Å². The van der Waals surface area contributed by atoms with Crippen molar-refractivity contribution >= 4 is 41.2 Å². The predicted molar refractivity (Wildman–Crippen MR) is 221 cm³/mol. The molecular formula is C46H45N5O8. The normalized spacial score (nSPS) is 19.6. The molecule has 7 N–H and O–H groups in total. The lowest BCUT2D eigenvalue weighted by molar-refractivity contribution is -0.142. The van der Waals surface area contributed by atoms with Crippen molar-refractivity contribution in [2.75, 3.05) is 5.32 Å². The summed E-state index contributed by atoms with van der Waals surface area (Å²) in [5, 5.41) is 33.7. The highest BCUT2D eigenvalue weighted by molar-refractivity contribution is 5.97. The van der Waals surface area contributed by atoms with Crippen molar-refractivity contribution < 1.29 is 39.0 Å². The molecule has 2 aliphatic rings. The van der Waals surface area contributed by atoms with Crippen LogP contribution in [0.25, 0.3) is 11.1 Å². The number of anilines is 1. The molecule has 4 atom stereocenters. The molecule has 0 aromatic heterocycles. The number of phenols is 1. The van der Waals surface area contributed by atoms with E-state index in [0.29, 0.717) is 27.9 Å². The molecule has 2 aliphatic heterocycles. The molecule has 0 saturated heterocycles. The summed E-state index contributed by atoms with van der Waals surface area (Å²) >= 11 is 0. The third-order valence-electron chi connectivity index (χ3n) is 9.95. The summed E-state index contributed by atoms with van der Waals surface area (Å²) in [4.78, 5) is 81.3. The first-order valence-electron chi connectivity index (χ1n) is 19.3. The van der Waals surface area contributed by atoms with E-state index in [0.717, 1.165) is 11.1 Å². The topological polar surface area (TPSA) is 203 Å². The Bertz CT molecular complexity index is 2250. The summed E-state index contributed by atoms with van der Waals surface area (Å²) in [7, 11) is 0. The number of carboxylic acids is 1. The highest BCUT2D eigenvalue weighted by Crippen LogP contribution is 2.21. The molecule has 5 aromatic carbocycles. The molecule has 0 unspecified atom stereocenters. The average molecular weight is 796 g/mol. The molecule has 0 aliphatic carbocycles. The van der Waals surface area contributed by atoms with E-state index in [9.17, 15) is 39.0 Å². The number of aliphatic carboxylic acids is 1. The van der Waals surface area contributed by atoms with E-state index in [1.807, 2.05) is 54.6 Å². The van der Waals surface area contributed by atoms with Gasteiger partial charge in [0.1, 0.15) is 29.9 Å². The van der Waals surface area contributed by atoms with E-state index >= 15 is 0 Å². The van der Waals surface area contributed by atoms with Gasteiger partial charge in [-0.1, -0.05) is 109 Å². The molecule has 13 nitrogen and oxygen atoms in total. The third kappa shape index (κ3) is 12.1. The summed E-state index contributed by atoms with van der Waals surface area (Å²) in [5.41, 5.74) is 4.87.